The molecule has 34 heavy (non-hydrogen) atoms. The normalized spacial score (nSPS) is 14.4. The van der Waals surface area contributed by atoms with Gasteiger partial charge in [0.2, 0.25) is 0 Å². The van der Waals surface area contributed by atoms with Crippen LogP contribution in [0, 0.1) is 0 Å². The Balaban J connectivity index is 1.62. The quantitative estimate of drug-likeness (QED) is 0.374. The minimum absolute atomic E-state index is 0.547. The summed E-state index contributed by atoms with van der Waals surface area (Å²) in [6, 6.07) is 39.0. The average molecular weight is 445 g/mol. The number of rotatable bonds is 5. The molecule has 0 amide bonds. The topological polar surface area (TPSA) is 33.1 Å². The van der Waals surface area contributed by atoms with Gasteiger partial charge in [0.1, 0.15) is 5.54 Å². The molecule has 1 N–H and O–H groups in total. The Morgan fingerprint density at radius 3 is 1.71 bits per heavy atom. The molecule has 0 atom stereocenters. The minimum atomic E-state index is -0.547. The maximum absolute atomic E-state index is 4.94. The Morgan fingerprint density at radius 1 is 0.647 bits per heavy atom. The van der Waals surface area contributed by atoms with Gasteiger partial charge in [-0.25, -0.2) is 4.98 Å². The van der Waals surface area contributed by atoms with Gasteiger partial charge in [-0.15, -0.1) is 0 Å². The number of nitrogens with zero attached hydrogens (tertiary/aromatic N) is 3. The van der Waals surface area contributed by atoms with E-state index in [1.807, 2.05) is 6.33 Å². The highest BCUT2D eigenvalue weighted by atomic mass is 15.2. The van der Waals surface area contributed by atoms with Crippen LogP contribution < -0.4 is 10.2 Å². The van der Waals surface area contributed by atoms with Gasteiger partial charge in [0, 0.05) is 31.9 Å². The SMILES string of the molecule is c1ccc(C(c2ccccc2)(c2ccccc2)n2cnc3cc(N4CCNCC4)ccc32)cc1. The van der Waals surface area contributed by atoms with Crippen LogP contribution in [0.3, 0.4) is 0 Å². The molecule has 0 saturated carbocycles. The lowest BCUT2D eigenvalue weighted by atomic mass is 9.76. The van der Waals surface area contributed by atoms with E-state index < -0.39 is 5.54 Å². The Labute approximate surface area is 200 Å². The zero-order valence-electron chi connectivity index (χ0n) is 19.1. The monoisotopic (exact) mass is 444 g/mol. The minimum Gasteiger partial charge on any atom is -0.369 e. The highest BCUT2D eigenvalue weighted by Gasteiger charge is 2.39. The van der Waals surface area contributed by atoms with Crippen LogP contribution in [0.2, 0.25) is 0 Å². The van der Waals surface area contributed by atoms with Crippen molar-refractivity contribution < 1.29 is 0 Å². The summed E-state index contributed by atoms with van der Waals surface area (Å²) in [6.07, 6.45) is 2.01. The first kappa shape index (κ1) is 20.7. The number of benzene rings is 4. The van der Waals surface area contributed by atoms with Gasteiger partial charge < -0.3 is 14.8 Å². The summed E-state index contributed by atoms with van der Waals surface area (Å²) >= 11 is 0. The first-order valence-electron chi connectivity index (χ1n) is 12.0. The van der Waals surface area contributed by atoms with Crippen LogP contribution in [0.25, 0.3) is 11.0 Å². The van der Waals surface area contributed by atoms with Crippen molar-refractivity contribution in [1.82, 2.24) is 14.9 Å². The molecule has 2 heterocycles. The van der Waals surface area contributed by atoms with Gasteiger partial charge in [-0.2, -0.15) is 0 Å². The molecule has 1 aliphatic heterocycles. The number of imidazole rings is 1. The van der Waals surface area contributed by atoms with E-state index in [2.05, 4.69) is 124 Å². The van der Waals surface area contributed by atoms with Crippen LogP contribution in [0.15, 0.2) is 116 Å². The van der Waals surface area contributed by atoms with Gasteiger partial charge in [0.15, 0.2) is 0 Å². The van der Waals surface area contributed by atoms with E-state index in [4.69, 9.17) is 4.98 Å². The predicted octanol–water partition coefficient (Wildman–Crippen LogP) is 5.29. The van der Waals surface area contributed by atoms with Crippen molar-refractivity contribution in [2.45, 2.75) is 5.54 Å². The Hall–Kier alpha value is -3.89. The lowest BCUT2D eigenvalue weighted by Gasteiger charge is -2.38. The number of nitrogens with one attached hydrogen (secondary N) is 1. The van der Waals surface area contributed by atoms with E-state index in [0.717, 1.165) is 37.2 Å². The third kappa shape index (κ3) is 3.39. The molecular weight excluding hydrogens is 416 g/mol. The Bertz CT molecular complexity index is 1270. The molecule has 1 aliphatic rings. The second kappa shape index (κ2) is 8.81. The van der Waals surface area contributed by atoms with Gasteiger partial charge in [0.05, 0.1) is 17.4 Å². The number of hydrogen-bond donors (Lipinski definition) is 1. The molecule has 1 fully saturated rings. The van der Waals surface area contributed by atoms with Crippen molar-refractivity contribution in [2.24, 2.45) is 0 Å². The third-order valence-corrected chi connectivity index (χ3v) is 6.95. The van der Waals surface area contributed by atoms with E-state index in [0.29, 0.717) is 0 Å². The van der Waals surface area contributed by atoms with Crippen molar-refractivity contribution in [3.8, 4) is 0 Å². The fourth-order valence-electron chi connectivity index (χ4n) is 5.34. The molecule has 4 heteroatoms. The van der Waals surface area contributed by atoms with Gasteiger partial charge in [-0.3, -0.25) is 0 Å². The standard InChI is InChI=1S/C30H28N4/c1-4-10-24(11-5-1)30(25-12-6-2-7-13-25,26-14-8-3-9-15-26)34-23-32-28-22-27(16-17-29(28)34)33-20-18-31-19-21-33/h1-17,22-23,31H,18-21H2. The van der Waals surface area contributed by atoms with E-state index in [9.17, 15) is 0 Å². The van der Waals surface area contributed by atoms with Crippen molar-refractivity contribution in [3.63, 3.8) is 0 Å². The lowest BCUT2D eigenvalue weighted by molar-refractivity contribution is 0.529. The smallest absolute Gasteiger partial charge is 0.122 e. The molecule has 168 valence electrons. The average Bonchev–Trinajstić information content (AvgIpc) is 3.35. The van der Waals surface area contributed by atoms with E-state index in [1.165, 1.54) is 22.4 Å². The fraction of sp³-hybridized carbons (Fsp3) is 0.167. The van der Waals surface area contributed by atoms with Crippen LogP contribution in [0.4, 0.5) is 5.69 Å². The van der Waals surface area contributed by atoms with Gasteiger partial charge >= 0.3 is 0 Å². The van der Waals surface area contributed by atoms with Crippen LogP contribution >= 0.6 is 0 Å². The molecule has 0 aliphatic carbocycles. The van der Waals surface area contributed by atoms with Gasteiger partial charge in [0.25, 0.3) is 0 Å². The summed E-state index contributed by atoms with van der Waals surface area (Å²) in [4.78, 5) is 7.38. The Kier molecular flexibility index (Phi) is 5.36. The van der Waals surface area contributed by atoms with Crippen molar-refractivity contribution >= 4 is 16.7 Å². The summed E-state index contributed by atoms with van der Waals surface area (Å²) in [7, 11) is 0. The van der Waals surface area contributed by atoms with Crippen molar-refractivity contribution in [3.05, 3.63) is 132 Å². The summed E-state index contributed by atoms with van der Waals surface area (Å²) < 4.78 is 2.35. The van der Waals surface area contributed by atoms with Crippen LogP contribution in [-0.2, 0) is 5.54 Å². The summed E-state index contributed by atoms with van der Waals surface area (Å²) in [5.41, 5.74) is 6.45. The lowest BCUT2D eigenvalue weighted by Crippen LogP contribution is -2.43. The molecule has 0 unspecified atom stereocenters. The molecule has 1 saturated heterocycles. The zero-order chi connectivity index (χ0) is 22.8. The summed E-state index contributed by atoms with van der Waals surface area (Å²) in [6.45, 7) is 4.08. The number of piperazine rings is 1. The molecule has 4 nitrogen and oxygen atoms in total. The van der Waals surface area contributed by atoms with Gasteiger partial charge in [-0.1, -0.05) is 91.0 Å². The van der Waals surface area contributed by atoms with Crippen molar-refractivity contribution in [2.75, 3.05) is 31.1 Å². The first-order chi connectivity index (χ1) is 16.9. The number of aromatic nitrogens is 2. The Morgan fingerprint density at radius 2 is 1.18 bits per heavy atom. The first-order valence-corrected chi connectivity index (χ1v) is 12.0. The highest BCUT2D eigenvalue weighted by Crippen LogP contribution is 2.42. The van der Waals surface area contributed by atoms with E-state index in [1.54, 1.807) is 0 Å². The highest BCUT2D eigenvalue weighted by molar-refractivity contribution is 5.81. The van der Waals surface area contributed by atoms with E-state index in [-0.39, 0.29) is 0 Å². The summed E-state index contributed by atoms with van der Waals surface area (Å²) in [5, 5.41) is 3.44. The third-order valence-electron chi connectivity index (χ3n) is 6.95. The molecule has 0 bridgehead atoms. The molecular formula is C30H28N4. The number of anilines is 1. The molecule has 0 radical (unpaired) electrons. The molecule has 0 spiro atoms. The number of hydrogen-bond acceptors (Lipinski definition) is 3. The second-order valence-corrected chi connectivity index (χ2v) is 8.83. The van der Waals surface area contributed by atoms with Gasteiger partial charge in [-0.05, 0) is 34.9 Å². The predicted molar refractivity (Wildman–Crippen MR) is 139 cm³/mol. The van der Waals surface area contributed by atoms with Crippen molar-refractivity contribution in [1.29, 1.82) is 0 Å². The molecule has 6 rings (SSSR count). The van der Waals surface area contributed by atoms with E-state index >= 15 is 0 Å². The van der Waals surface area contributed by atoms with Crippen LogP contribution in [0.1, 0.15) is 16.7 Å². The zero-order valence-corrected chi connectivity index (χ0v) is 19.1. The second-order valence-electron chi connectivity index (χ2n) is 8.83. The molecule has 4 aromatic carbocycles. The largest absolute Gasteiger partial charge is 0.369 e. The maximum Gasteiger partial charge on any atom is 0.122 e. The summed E-state index contributed by atoms with van der Waals surface area (Å²) in [5.74, 6) is 0. The molecule has 1 aromatic heterocycles. The fourth-order valence-corrected chi connectivity index (χ4v) is 5.34. The van der Waals surface area contributed by atoms with Crippen LogP contribution in [-0.4, -0.2) is 35.7 Å². The molecule has 5 aromatic rings. The van der Waals surface area contributed by atoms with Crippen LogP contribution in [0.5, 0.6) is 0 Å². The maximum atomic E-state index is 4.94. The number of fused-ring (bicyclic) bond motifs is 1.